The van der Waals surface area contributed by atoms with Gasteiger partial charge in [0, 0.05) is 12.0 Å². The fraction of sp³-hybridized carbons (Fsp3) is 0.600. The highest BCUT2D eigenvalue weighted by Crippen LogP contribution is 2.44. The molecule has 2 nitrogen and oxygen atoms in total. The van der Waals surface area contributed by atoms with Crippen LogP contribution < -0.4 is 5.73 Å². The maximum atomic E-state index is 10.6. The van der Waals surface area contributed by atoms with Crippen LogP contribution in [0.4, 0.5) is 0 Å². The molecule has 94 valence electrons. The van der Waals surface area contributed by atoms with Gasteiger partial charge in [0.2, 0.25) is 0 Å². The minimum atomic E-state index is -0.410. The molecule has 2 heteroatoms. The normalized spacial score (nSPS) is 21.8. The van der Waals surface area contributed by atoms with E-state index in [-0.39, 0.29) is 5.41 Å². The highest BCUT2D eigenvalue weighted by molar-refractivity contribution is 5.20. The van der Waals surface area contributed by atoms with Gasteiger partial charge in [0.05, 0.1) is 6.10 Å². The van der Waals surface area contributed by atoms with Gasteiger partial charge in [-0.3, -0.25) is 0 Å². The molecule has 1 aliphatic rings. The number of aliphatic hydroxyl groups excluding tert-OH is 1. The number of hydrogen-bond donors (Lipinski definition) is 2. The van der Waals surface area contributed by atoms with Crippen molar-refractivity contribution in [3.05, 3.63) is 35.9 Å². The molecule has 1 atom stereocenters. The van der Waals surface area contributed by atoms with Crippen LogP contribution in [-0.2, 0) is 0 Å². The fourth-order valence-electron chi connectivity index (χ4n) is 3.01. The smallest absolute Gasteiger partial charge is 0.0858 e. The lowest BCUT2D eigenvalue weighted by molar-refractivity contribution is 0.0166. The molecule has 0 bridgehead atoms. The molecule has 0 heterocycles. The molecule has 3 N–H and O–H groups in total. The molecule has 1 fully saturated rings. The predicted molar refractivity (Wildman–Crippen MR) is 70.6 cm³/mol. The van der Waals surface area contributed by atoms with Crippen molar-refractivity contribution in [2.24, 2.45) is 11.1 Å². The van der Waals surface area contributed by atoms with Crippen LogP contribution >= 0.6 is 0 Å². The van der Waals surface area contributed by atoms with Gasteiger partial charge in [-0.1, -0.05) is 56.0 Å². The Balaban J connectivity index is 2.21. The third-order valence-corrected chi connectivity index (χ3v) is 4.20. The average Bonchev–Trinajstić information content (AvgIpc) is 2.65. The number of aliphatic hydroxyl groups is 1. The molecule has 0 radical (unpaired) electrons. The van der Waals surface area contributed by atoms with Crippen molar-refractivity contribution in [1.29, 1.82) is 0 Å². The summed E-state index contributed by atoms with van der Waals surface area (Å²) >= 11 is 0. The monoisotopic (exact) mass is 233 g/mol. The minimum absolute atomic E-state index is 0.0994. The summed E-state index contributed by atoms with van der Waals surface area (Å²) in [5.41, 5.74) is 6.90. The molecule has 0 saturated heterocycles. The Labute approximate surface area is 104 Å². The van der Waals surface area contributed by atoms with Crippen LogP contribution in [0.2, 0.25) is 0 Å². The molecular formula is C15H23NO. The van der Waals surface area contributed by atoms with E-state index in [1.165, 1.54) is 25.7 Å². The summed E-state index contributed by atoms with van der Waals surface area (Å²) in [6.07, 6.45) is 6.65. The van der Waals surface area contributed by atoms with Crippen molar-refractivity contribution < 1.29 is 5.11 Å². The summed E-state index contributed by atoms with van der Waals surface area (Å²) in [5, 5.41) is 10.6. The first-order valence-corrected chi connectivity index (χ1v) is 6.72. The average molecular weight is 233 g/mol. The van der Waals surface area contributed by atoms with Gasteiger partial charge in [-0.25, -0.2) is 0 Å². The summed E-state index contributed by atoms with van der Waals surface area (Å²) in [7, 11) is 0. The van der Waals surface area contributed by atoms with E-state index >= 15 is 0 Å². The van der Waals surface area contributed by atoms with Crippen LogP contribution in [0, 0.1) is 5.41 Å². The van der Waals surface area contributed by atoms with Crippen LogP contribution in [0.5, 0.6) is 0 Å². The lowest BCUT2D eigenvalue weighted by Crippen LogP contribution is -2.36. The Morgan fingerprint density at radius 2 is 1.65 bits per heavy atom. The number of nitrogens with two attached hydrogens (primary N) is 1. The van der Waals surface area contributed by atoms with Gasteiger partial charge in [0.25, 0.3) is 0 Å². The fourth-order valence-corrected chi connectivity index (χ4v) is 3.01. The first-order valence-electron chi connectivity index (χ1n) is 6.72. The van der Waals surface area contributed by atoms with Gasteiger partial charge >= 0.3 is 0 Å². The minimum Gasteiger partial charge on any atom is -0.388 e. The van der Waals surface area contributed by atoms with Crippen molar-refractivity contribution >= 4 is 0 Å². The molecule has 17 heavy (non-hydrogen) atoms. The largest absolute Gasteiger partial charge is 0.388 e. The molecule has 0 aromatic heterocycles. The van der Waals surface area contributed by atoms with E-state index in [1.807, 2.05) is 30.3 Å². The van der Waals surface area contributed by atoms with Crippen LogP contribution in [0.25, 0.3) is 0 Å². The number of benzene rings is 1. The van der Waals surface area contributed by atoms with Gasteiger partial charge in [-0.05, 0) is 18.4 Å². The Morgan fingerprint density at radius 1 is 1.06 bits per heavy atom. The second-order valence-corrected chi connectivity index (χ2v) is 5.29. The van der Waals surface area contributed by atoms with E-state index in [0.29, 0.717) is 6.54 Å². The summed E-state index contributed by atoms with van der Waals surface area (Å²) in [6, 6.07) is 9.97. The van der Waals surface area contributed by atoms with Crippen LogP contribution in [0.1, 0.15) is 50.2 Å². The molecule has 1 unspecified atom stereocenters. The Bertz CT molecular complexity index is 328. The molecule has 0 amide bonds. The molecule has 1 aromatic rings. The molecule has 2 rings (SSSR count). The standard InChI is InChI=1S/C15H23NO/c16-12-15(10-6-1-2-7-11-15)14(17)13-8-4-3-5-9-13/h3-5,8-9,14,17H,1-2,6-7,10-12,16H2. The van der Waals surface area contributed by atoms with Gasteiger partial charge < -0.3 is 10.8 Å². The second kappa shape index (κ2) is 5.65. The van der Waals surface area contributed by atoms with Gasteiger partial charge in [0.1, 0.15) is 0 Å². The van der Waals surface area contributed by atoms with Crippen molar-refractivity contribution in [2.45, 2.75) is 44.6 Å². The highest BCUT2D eigenvalue weighted by Gasteiger charge is 2.37. The lowest BCUT2D eigenvalue weighted by atomic mass is 9.73. The first-order chi connectivity index (χ1) is 8.28. The zero-order valence-corrected chi connectivity index (χ0v) is 10.4. The van der Waals surface area contributed by atoms with E-state index < -0.39 is 6.10 Å². The summed E-state index contributed by atoms with van der Waals surface area (Å²) in [6.45, 7) is 0.586. The van der Waals surface area contributed by atoms with Crippen molar-refractivity contribution in [3.63, 3.8) is 0 Å². The topological polar surface area (TPSA) is 46.2 Å². The summed E-state index contributed by atoms with van der Waals surface area (Å²) < 4.78 is 0. The second-order valence-electron chi connectivity index (χ2n) is 5.29. The molecule has 1 aliphatic carbocycles. The maximum Gasteiger partial charge on any atom is 0.0858 e. The molecule has 0 aliphatic heterocycles. The van der Waals surface area contributed by atoms with Crippen LogP contribution in [0.15, 0.2) is 30.3 Å². The molecule has 0 spiro atoms. The van der Waals surface area contributed by atoms with Gasteiger partial charge in [-0.15, -0.1) is 0 Å². The zero-order valence-electron chi connectivity index (χ0n) is 10.4. The van der Waals surface area contributed by atoms with E-state index in [1.54, 1.807) is 0 Å². The molecule has 1 aromatic carbocycles. The predicted octanol–water partition coefficient (Wildman–Crippen LogP) is 3.02. The first kappa shape index (κ1) is 12.6. The van der Waals surface area contributed by atoms with Crippen molar-refractivity contribution in [2.75, 3.05) is 6.54 Å². The Kier molecular flexibility index (Phi) is 4.19. The van der Waals surface area contributed by atoms with Crippen molar-refractivity contribution in [3.8, 4) is 0 Å². The molecular weight excluding hydrogens is 210 g/mol. The summed E-state index contributed by atoms with van der Waals surface area (Å²) in [4.78, 5) is 0. The number of rotatable bonds is 3. The third-order valence-electron chi connectivity index (χ3n) is 4.20. The maximum absolute atomic E-state index is 10.6. The van der Waals surface area contributed by atoms with Gasteiger partial charge in [-0.2, -0.15) is 0 Å². The van der Waals surface area contributed by atoms with Gasteiger partial charge in [0.15, 0.2) is 0 Å². The number of hydrogen-bond acceptors (Lipinski definition) is 2. The van der Waals surface area contributed by atoms with E-state index in [9.17, 15) is 5.11 Å². The van der Waals surface area contributed by atoms with E-state index in [4.69, 9.17) is 5.73 Å². The molecule has 1 saturated carbocycles. The summed E-state index contributed by atoms with van der Waals surface area (Å²) in [5.74, 6) is 0. The van der Waals surface area contributed by atoms with Crippen molar-refractivity contribution in [1.82, 2.24) is 0 Å². The SMILES string of the molecule is NCC1(C(O)c2ccccc2)CCCCCC1. The zero-order chi connectivity index (χ0) is 12.1. The van der Waals surface area contributed by atoms with E-state index in [0.717, 1.165) is 18.4 Å². The Morgan fingerprint density at radius 3 is 2.18 bits per heavy atom. The Hall–Kier alpha value is -0.860. The van der Waals surface area contributed by atoms with Crippen LogP contribution in [0.3, 0.4) is 0 Å². The van der Waals surface area contributed by atoms with E-state index in [2.05, 4.69) is 0 Å². The van der Waals surface area contributed by atoms with Crippen LogP contribution in [-0.4, -0.2) is 11.7 Å². The quantitative estimate of drug-likeness (QED) is 0.788. The lowest BCUT2D eigenvalue weighted by Gasteiger charge is -2.36. The highest BCUT2D eigenvalue weighted by atomic mass is 16.3. The third kappa shape index (κ3) is 2.70.